The van der Waals surface area contributed by atoms with Gasteiger partial charge in [0.05, 0.1) is 0 Å². The topological polar surface area (TPSA) is 56.5 Å². The van der Waals surface area contributed by atoms with Gasteiger partial charge in [0.25, 0.3) is 0 Å². The van der Waals surface area contributed by atoms with Gasteiger partial charge in [0.15, 0.2) is 0 Å². The molecule has 0 saturated carbocycles. The van der Waals surface area contributed by atoms with E-state index in [0.717, 1.165) is 63.9 Å². The van der Waals surface area contributed by atoms with Crippen molar-refractivity contribution in [2.45, 2.75) is 19.6 Å². The second-order valence-corrected chi connectivity index (χ2v) is 12.2. The van der Waals surface area contributed by atoms with Crippen molar-refractivity contribution >= 4 is 45.3 Å². The van der Waals surface area contributed by atoms with Crippen LogP contribution in [0.5, 0.6) is 0 Å². The molecule has 9 heteroatoms. The monoisotopic (exact) mass is 823 g/mol. The van der Waals surface area contributed by atoms with Gasteiger partial charge in [-0.3, -0.25) is 0 Å². The summed E-state index contributed by atoms with van der Waals surface area (Å²) < 4.78 is 2.04. The summed E-state index contributed by atoms with van der Waals surface area (Å²) in [6.45, 7) is 0. The number of hydrogen-bond donors (Lipinski definition) is 0. The van der Waals surface area contributed by atoms with Crippen LogP contribution in [0.3, 0.4) is 0 Å². The molecule has 0 saturated heterocycles. The molecule has 0 amide bonds. The van der Waals surface area contributed by atoms with Crippen molar-refractivity contribution in [3.8, 4) is 28.5 Å². The second-order valence-electron chi connectivity index (χ2n) is 10.0. The molecule has 0 atom stereocenters. The van der Waals surface area contributed by atoms with Crippen LogP contribution in [0, 0.1) is 24.3 Å². The summed E-state index contributed by atoms with van der Waals surface area (Å²) in [6, 6.07) is 48.7. The van der Waals surface area contributed by atoms with Crippen molar-refractivity contribution in [3.63, 3.8) is 0 Å². The van der Waals surface area contributed by atoms with E-state index in [-0.39, 0.29) is 40.8 Å². The fourth-order valence-electron chi connectivity index (χ4n) is 5.15. The van der Waals surface area contributed by atoms with Gasteiger partial charge in [-0.2, -0.15) is 35.0 Å². The molecule has 0 aliphatic heterocycles. The Hall–Kier alpha value is -3.92. The van der Waals surface area contributed by atoms with Gasteiger partial charge in [-0.1, -0.05) is 45.1 Å². The van der Waals surface area contributed by atoms with E-state index in [1.807, 2.05) is 71.3 Å². The van der Waals surface area contributed by atoms with Crippen LogP contribution in [0.2, 0.25) is 0 Å². The minimum atomic E-state index is 0. The average molecular weight is 825 g/mol. The van der Waals surface area contributed by atoms with Crippen molar-refractivity contribution in [2.24, 2.45) is 0 Å². The predicted molar refractivity (Wildman–Crippen MR) is 179 cm³/mol. The van der Waals surface area contributed by atoms with E-state index < -0.39 is 0 Å². The Balaban J connectivity index is 0.00000193. The molecule has 4 heterocycles. The first-order valence-corrected chi connectivity index (χ1v) is 15.9. The summed E-state index contributed by atoms with van der Waals surface area (Å²) in [6.07, 6.45) is 7.11. The maximum atomic E-state index is 4.61. The fourth-order valence-corrected chi connectivity index (χ4v) is 6.80. The van der Waals surface area contributed by atoms with E-state index in [4.69, 9.17) is 0 Å². The van der Waals surface area contributed by atoms with Crippen molar-refractivity contribution in [2.75, 3.05) is 0 Å². The van der Waals surface area contributed by atoms with Gasteiger partial charge in [-0.25, -0.2) is 9.97 Å². The molecular weight excluding hydrogens is 803 g/mol. The first kappa shape index (κ1) is 33.0. The Morgan fingerprint density at radius 3 is 1.36 bits per heavy atom. The Kier molecular flexibility index (Phi) is 10.5. The molecule has 8 rings (SSSR count). The zero-order valence-corrected chi connectivity index (χ0v) is 29.1. The Morgan fingerprint density at radius 1 is 0.426 bits per heavy atom. The minimum absolute atomic E-state index is 0. The molecule has 0 spiro atoms. The molecule has 0 aliphatic rings. The third kappa shape index (κ3) is 7.03. The number of hydrogen-bond acceptors (Lipinski definition) is 6. The van der Waals surface area contributed by atoms with E-state index in [2.05, 4.69) is 80.6 Å². The van der Waals surface area contributed by atoms with Gasteiger partial charge in [0, 0.05) is 24.8 Å². The zero-order valence-electron chi connectivity index (χ0n) is 24.3. The van der Waals surface area contributed by atoms with Crippen LogP contribution in [0.15, 0.2) is 147 Å². The van der Waals surface area contributed by atoms with Crippen LogP contribution < -0.4 is 0 Å². The first-order chi connectivity index (χ1) is 22.3. The van der Waals surface area contributed by atoms with Gasteiger partial charge >= 0.3 is 40.8 Å². The molecule has 0 unspecified atom stereocenters. The van der Waals surface area contributed by atoms with E-state index in [1.54, 1.807) is 48.3 Å². The minimum Gasteiger partial charge on any atom is -0.328 e. The van der Waals surface area contributed by atoms with Crippen LogP contribution in [-0.4, -0.2) is 24.5 Å². The molecule has 0 bridgehead atoms. The second kappa shape index (κ2) is 14.9. The SMILES string of the molecule is [Pd+2].[Pd+2].[c-]1c(Sc2[c-]c3c(cc2)c2ccc(Sc4[c-]c(-c5ccccn5)ccc4)[c-]c2n3-c2ncccn2)cccc1-c1ccccn1. The van der Waals surface area contributed by atoms with E-state index in [9.17, 15) is 0 Å². The predicted octanol–water partition coefficient (Wildman–Crippen LogP) is 9.20. The number of benzene rings is 4. The number of rotatable bonds is 7. The summed E-state index contributed by atoms with van der Waals surface area (Å²) >= 11 is 3.23. The Morgan fingerprint density at radius 2 is 0.894 bits per heavy atom. The molecular formula is C38H21N5Pd2S2. The first-order valence-electron chi connectivity index (χ1n) is 14.2. The molecule has 0 aliphatic carbocycles. The summed E-state index contributed by atoms with van der Waals surface area (Å²) in [5.74, 6) is 0.571. The third-order valence-electron chi connectivity index (χ3n) is 7.14. The molecule has 8 aromatic rings. The third-order valence-corrected chi connectivity index (χ3v) is 8.98. The number of fused-ring (bicyclic) bond motifs is 3. The summed E-state index contributed by atoms with van der Waals surface area (Å²) in [5.41, 5.74) is 5.48. The van der Waals surface area contributed by atoms with Crippen molar-refractivity contribution in [3.05, 3.63) is 152 Å². The van der Waals surface area contributed by atoms with Gasteiger partial charge in [0.1, 0.15) is 0 Å². The smallest absolute Gasteiger partial charge is 0.328 e. The summed E-state index contributed by atoms with van der Waals surface area (Å²) in [5, 5.41) is 2.12. The van der Waals surface area contributed by atoms with Crippen LogP contribution in [0.4, 0.5) is 0 Å². The number of aromatic nitrogens is 5. The normalized spacial score (nSPS) is 10.8. The van der Waals surface area contributed by atoms with Crippen LogP contribution in [0.25, 0.3) is 50.3 Å². The van der Waals surface area contributed by atoms with Gasteiger partial charge in [-0.05, 0) is 29.6 Å². The summed E-state index contributed by atoms with van der Waals surface area (Å²) in [4.78, 5) is 22.1. The molecule has 0 radical (unpaired) electrons. The molecule has 5 nitrogen and oxygen atoms in total. The van der Waals surface area contributed by atoms with Crippen molar-refractivity contribution in [1.82, 2.24) is 24.5 Å². The number of nitrogens with zero attached hydrogens (tertiary/aromatic N) is 5. The van der Waals surface area contributed by atoms with E-state index in [1.165, 1.54) is 0 Å². The molecule has 0 N–H and O–H groups in total. The fraction of sp³-hybridized carbons (Fsp3) is 0. The molecule has 47 heavy (non-hydrogen) atoms. The van der Waals surface area contributed by atoms with Crippen LogP contribution in [-0.2, 0) is 40.8 Å². The van der Waals surface area contributed by atoms with Crippen molar-refractivity contribution < 1.29 is 40.8 Å². The maximum absolute atomic E-state index is 4.61. The summed E-state index contributed by atoms with van der Waals surface area (Å²) in [7, 11) is 0. The largest absolute Gasteiger partial charge is 2.00 e. The van der Waals surface area contributed by atoms with Gasteiger partial charge in [-0.15, -0.1) is 105 Å². The van der Waals surface area contributed by atoms with Gasteiger partial charge in [0.2, 0.25) is 5.95 Å². The maximum Gasteiger partial charge on any atom is 2.00 e. The van der Waals surface area contributed by atoms with E-state index >= 15 is 0 Å². The zero-order chi connectivity index (χ0) is 30.0. The molecule has 4 aromatic carbocycles. The van der Waals surface area contributed by atoms with Gasteiger partial charge < -0.3 is 14.5 Å². The average Bonchev–Trinajstić information content (AvgIpc) is 3.42. The van der Waals surface area contributed by atoms with Crippen molar-refractivity contribution in [1.29, 1.82) is 0 Å². The molecule has 4 aromatic heterocycles. The standard InChI is InChI=1S/C38H21N5S2.2Pd/c1-3-18-39-34(12-1)26-8-5-10-28(22-26)44-30-14-16-32-33-17-15-31(25-37(33)43(36(32)24-30)38-41-20-7-21-42-38)45-29-11-6-9-27(23-29)35-13-2-4-19-40-35;;/h1-21H;;/q-4;2*+2. The molecule has 230 valence electrons. The number of pyridine rings is 2. The quantitative estimate of drug-likeness (QED) is 0.118. The van der Waals surface area contributed by atoms with Crippen LogP contribution in [0.1, 0.15) is 0 Å². The van der Waals surface area contributed by atoms with E-state index in [0.29, 0.717) is 5.95 Å². The Bertz CT molecular complexity index is 2140. The van der Waals surface area contributed by atoms with Crippen LogP contribution >= 0.6 is 23.5 Å². The molecule has 0 fully saturated rings. The Labute approximate surface area is 308 Å².